The molecule has 0 aliphatic heterocycles. The van der Waals surface area contributed by atoms with Crippen molar-refractivity contribution in [2.75, 3.05) is 0 Å². The molecule has 0 radical (unpaired) electrons. The van der Waals surface area contributed by atoms with Crippen molar-refractivity contribution in [2.24, 2.45) is 5.92 Å². The highest BCUT2D eigenvalue weighted by molar-refractivity contribution is 7.13. The maximum atomic E-state index is 2.26. The Balaban J connectivity index is 2.17. The van der Waals surface area contributed by atoms with Crippen LogP contribution in [-0.4, -0.2) is 0 Å². The van der Waals surface area contributed by atoms with E-state index in [-0.39, 0.29) is 0 Å². The molecule has 0 saturated carbocycles. The molecule has 0 amide bonds. The van der Waals surface area contributed by atoms with Crippen LogP contribution in [0.25, 0.3) is 10.4 Å². The van der Waals surface area contributed by atoms with E-state index in [4.69, 9.17) is 0 Å². The van der Waals surface area contributed by atoms with Crippen LogP contribution in [0.4, 0.5) is 0 Å². The van der Waals surface area contributed by atoms with Crippen molar-refractivity contribution in [3.63, 3.8) is 0 Å². The summed E-state index contributed by atoms with van der Waals surface area (Å²) in [6.45, 7) is 4.51. The van der Waals surface area contributed by atoms with E-state index < -0.39 is 0 Å². The summed E-state index contributed by atoms with van der Waals surface area (Å²) in [5.41, 5.74) is 2.77. The first kappa shape index (κ1) is 10.4. The lowest BCUT2D eigenvalue weighted by Gasteiger charge is -2.05. The molecule has 1 aromatic heterocycles. The monoisotopic (exact) mass is 216 g/mol. The molecule has 0 aliphatic carbocycles. The summed E-state index contributed by atoms with van der Waals surface area (Å²) in [6, 6.07) is 13.2. The molecule has 0 fully saturated rings. The molecule has 0 unspecified atom stereocenters. The van der Waals surface area contributed by atoms with E-state index in [1.54, 1.807) is 11.3 Å². The quantitative estimate of drug-likeness (QED) is 0.702. The van der Waals surface area contributed by atoms with Gasteiger partial charge in [-0.25, -0.2) is 0 Å². The second-order valence-corrected chi connectivity index (χ2v) is 5.22. The van der Waals surface area contributed by atoms with Gasteiger partial charge in [0.05, 0.1) is 0 Å². The third-order valence-electron chi connectivity index (χ3n) is 2.40. The SMILES string of the molecule is CC(C)Cc1ccc(-c2cccs2)cc1. The Morgan fingerprint density at radius 3 is 2.33 bits per heavy atom. The zero-order chi connectivity index (χ0) is 10.7. The molecule has 0 atom stereocenters. The van der Waals surface area contributed by atoms with E-state index in [1.807, 2.05) is 0 Å². The van der Waals surface area contributed by atoms with Crippen LogP contribution >= 0.6 is 11.3 Å². The molecule has 0 saturated heterocycles. The second-order valence-electron chi connectivity index (χ2n) is 4.27. The summed E-state index contributed by atoms with van der Waals surface area (Å²) in [4.78, 5) is 1.35. The highest BCUT2D eigenvalue weighted by atomic mass is 32.1. The summed E-state index contributed by atoms with van der Waals surface area (Å²) in [5, 5.41) is 2.12. The van der Waals surface area contributed by atoms with Crippen LogP contribution in [0.15, 0.2) is 41.8 Å². The summed E-state index contributed by atoms with van der Waals surface area (Å²) in [6.07, 6.45) is 1.17. The minimum atomic E-state index is 0.734. The van der Waals surface area contributed by atoms with E-state index in [0.717, 1.165) is 5.92 Å². The highest BCUT2D eigenvalue weighted by Crippen LogP contribution is 2.25. The van der Waals surface area contributed by atoms with Gasteiger partial charge in [0.15, 0.2) is 0 Å². The molecular weight excluding hydrogens is 200 g/mol. The molecule has 15 heavy (non-hydrogen) atoms. The molecule has 0 nitrogen and oxygen atoms in total. The molecule has 78 valence electrons. The highest BCUT2D eigenvalue weighted by Gasteiger charge is 2.00. The van der Waals surface area contributed by atoms with Gasteiger partial charge in [-0.3, -0.25) is 0 Å². The van der Waals surface area contributed by atoms with Gasteiger partial charge < -0.3 is 0 Å². The smallest absolute Gasteiger partial charge is 0.0342 e. The third-order valence-corrected chi connectivity index (χ3v) is 3.32. The number of rotatable bonds is 3. The van der Waals surface area contributed by atoms with Crippen LogP contribution in [-0.2, 0) is 6.42 Å². The van der Waals surface area contributed by atoms with Gasteiger partial charge in [0.25, 0.3) is 0 Å². The minimum Gasteiger partial charge on any atom is -0.144 e. The lowest BCUT2D eigenvalue weighted by Crippen LogP contribution is -1.93. The Morgan fingerprint density at radius 2 is 1.80 bits per heavy atom. The van der Waals surface area contributed by atoms with Crippen molar-refractivity contribution in [2.45, 2.75) is 20.3 Å². The van der Waals surface area contributed by atoms with Gasteiger partial charge in [0.2, 0.25) is 0 Å². The predicted molar refractivity (Wildman–Crippen MR) is 68.3 cm³/mol. The van der Waals surface area contributed by atoms with Gasteiger partial charge in [-0.1, -0.05) is 44.2 Å². The van der Waals surface area contributed by atoms with E-state index in [9.17, 15) is 0 Å². The van der Waals surface area contributed by atoms with Gasteiger partial charge in [0, 0.05) is 4.88 Å². The number of thiophene rings is 1. The fourth-order valence-corrected chi connectivity index (χ4v) is 2.45. The number of hydrogen-bond donors (Lipinski definition) is 0. The first-order chi connectivity index (χ1) is 7.25. The number of benzene rings is 1. The Morgan fingerprint density at radius 1 is 1.07 bits per heavy atom. The summed E-state index contributed by atoms with van der Waals surface area (Å²) < 4.78 is 0. The van der Waals surface area contributed by atoms with Crippen LogP contribution < -0.4 is 0 Å². The zero-order valence-electron chi connectivity index (χ0n) is 9.23. The van der Waals surface area contributed by atoms with Crippen LogP contribution in [0.2, 0.25) is 0 Å². The van der Waals surface area contributed by atoms with Gasteiger partial charge in [-0.15, -0.1) is 11.3 Å². The molecule has 0 N–H and O–H groups in total. The molecular formula is C14H16S. The van der Waals surface area contributed by atoms with Gasteiger partial charge >= 0.3 is 0 Å². The molecule has 1 heterocycles. The van der Waals surface area contributed by atoms with Crippen molar-refractivity contribution in [3.05, 3.63) is 47.3 Å². The summed E-state index contributed by atoms with van der Waals surface area (Å²) in [5.74, 6) is 0.734. The van der Waals surface area contributed by atoms with E-state index in [2.05, 4.69) is 55.6 Å². The topological polar surface area (TPSA) is 0 Å². The second kappa shape index (κ2) is 4.63. The fraction of sp³-hybridized carbons (Fsp3) is 0.286. The molecule has 1 heteroatoms. The normalized spacial score (nSPS) is 10.9. The summed E-state index contributed by atoms with van der Waals surface area (Å²) >= 11 is 1.80. The fourth-order valence-electron chi connectivity index (χ4n) is 1.72. The van der Waals surface area contributed by atoms with E-state index >= 15 is 0 Å². The van der Waals surface area contributed by atoms with Crippen molar-refractivity contribution in [3.8, 4) is 10.4 Å². The van der Waals surface area contributed by atoms with Gasteiger partial charge in [-0.05, 0) is 34.9 Å². The first-order valence-corrected chi connectivity index (χ1v) is 6.26. The van der Waals surface area contributed by atoms with Gasteiger partial charge in [0.1, 0.15) is 0 Å². The van der Waals surface area contributed by atoms with Crippen molar-refractivity contribution in [1.29, 1.82) is 0 Å². The molecule has 0 spiro atoms. The van der Waals surface area contributed by atoms with Crippen molar-refractivity contribution < 1.29 is 0 Å². The van der Waals surface area contributed by atoms with E-state index in [0.29, 0.717) is 0 Å². The Labute approximate surface area is 95.6 Å². The largest absolute Gasteiger partial charge is 0.144 e. The average molecular weight is 216 g/mol. The molecule has 0 bridgehead atoms. The molecule has 2 aromatic rings. The average Bonchev–Trinajstić information content (AvgIpc) is 2.71. The lowest BCUT2D eigenvalue weighted by molar-refractivity contribution is 0.647. The predicted octanol–water partition coefficient (Wildman–Crippen LogP) is 4.61. The maximum Gasteiger partial charge on any atom is 0.0342 e. The van der Waals surface area contributed by atoms with Crippen LogP contribution in [0.1, 0.15) is 19.4 Å². The van der Waals surface area contributed by atoms with Gasteiger partial charge in [-0.2, -0.15) is 0 Å². The molecule has 0 aliphatic rings. The standard InChI is InChI=1S/C14H16S/c1-11(2)10-12-5-7-13(8-6-12)14-4-3-9-15-14/h3-9,11H,10H2,1-2H3. The van der Waals surface area contributed by atoms with Crippen LogP contribution in [0.5, 0.6) is 0 Å². The van der Waals surface area contributed by atoms with E-state index in [1.165, 1.54) is 22.4 Å². The lowest BCUT2D eigenvalue weighted by atomic mass is 10.0. The Bertz CT molecular complexity index is 395. The Kier molecular flexibility index (Phi) is 3.22. The van der Waals surface area contributed by atoms with Crippen molar-refractivity contribution in [1.82, 2.24) is 0 Å². The first-order valence-electron chi connectivity index (χ1n) is 5.38. The summed E-state index contributed by atoms with van der Waals surface area (Å²) in [7, 11) is 0. The minimum absolute atomic E-state index is 0.734. The van der Waals surface area contributed by atoms with Crippen LogP contribution in [0, 0.1) is 5.92 Å². The van der Waals surface area contributed by atoms with Crippen LogP contribution in [0.3, 0.4) is 0 Å². The maximum absolute atomic E-state index is 2.26. The molecule has 1 aromatic carbocycles. The Hall–Kier alpha value is -1.08. The molecule has 2 rings (SSSR count). The number of hydrogen-bond acceptors (Lipinski definition) is 1. The zero-order valence-corrected chi connectivity index (χ0v) is 10.1. The van der Waals surface area contributed by atoms with Crippen molar-refractivity contribution >= 4 is 11.3 Å². The third kappa shape index (κ3) is 2.69.